The molecule has 166 valence electrons. The number of nitrogens with two attached hydrogens (primary N) is 1. The summed E-state index contributed by atoms with van der Waals surface area (Å²) in [7, 11) is 0. The number of carbonyl (C=O) groups is 4. The molecule has 5 unspecified atom stereocenters. The SMILES string of the molecule is CC(NC(=O)C(Cc1ccccc1)NC(=O)C(N)CO)C(=O)NC(C(=O)O)C(C)O. The van der Waals surface area contributed by atoms with Crippen molar-refractivity contribution in [1.82, 2.24) is 16.0 Å². The molecule has 0 fully saturated rings. The molecule has 30 heavy (non-hydrogen) atoms. The summed E-state index contributed by atoms with van der Waals surface area (Å²) in [6.45, 7) is 1.92. The number of benzene rings is 1. The van der Waals surface area contributed by atoms with Crippen molar-refractivity contribution in [3.05, 3.63) is 35.9 Å². The normalized spacial score (nSPS) is 15.8. The molecule has 0 bridgehead atoms. The molecule has 11 heteroatoms. The van der Waals surface area contributed by atoms with Gasteiger partial charge < -0.3 is 37.0 Å². The molecular formula is C19H28N4O7. The first-order valence-corrected chi connectivity index (χ1v) is 9.29. The second-order valence-electron chi connectivity index (χ2n) is 6.84. The highest BCUT2D eigenvalue weighted by molar-refractivity contribution is 5.94. The summed E-state index contributed by atoms with van der Waals surface area (Å²) in [6.07, 6.45) is -1.25. The van der Waals surface area contributed by atoms with Gasteiger partial charge in [-0.3, -0.25) is 14.4 Å². The van der Waals surface area contributed by atoms with Crippen molar-refractivity contribution < 1.29 is 34.5 Å². The van der Waals surface area contributed by atoms with Crippen molar-refractivity contribution in [3.8, 4) is 0 Å². The third-order valence-electron chi connectivity index (χ3n) is 4.25. The average Bonchev–Trinajstić information content (AvgIpc) is 2.70. The average molecular weight is 424 g/mol. The zero-order chi connectivity index (χ0) is 22.8. The smallest absolute Gasteiger partial charge is 0.328 e. The second-order valence-corrected chi connectivity index (χ2v) is 6.84. The summed E-state index contributed by atoms with van der Waals surface area (Å²) >= 11 is 0. The van der Waals surface area contributed by atoms with Crippen LogP contribution in [-0.2, 0) is 25.6 Å². The molecule has 0 heterocycles. The highest BCUT2D eigenvalue weighted by Gasteiger charge is 2.30. The Balaban J connectivity index is 2.87. The maximum Gasteiger partial charge on any atom is 0.328 e. The molecule has 11 nitrogen and oxygen atoms in total. The van der Waals surface area contributed by atoms with Gasteiger partial charge in [-0.25, -0.2) is 4.79 Å². The number of rotatable bonds is 11. The van der Waals surface area contributed by atoms with Crippen molar-refractivity contribution >= 4 is 23.7 Å². The van der Waals surface area contributed by atoms with E-state index in [0.29, 0.717) is 0 Å². The first kappa shape index (κ1) is 25.0. The van der Waals surface area contributed by atoms with E-state index in [1.807, 2.05) is 0 Å². The Morgan fingerprint density at radius 1 is 0.967 bits per heavy atom. The van der Waals surface area contributed by atoms with Crippen LogP contribution in [-0.4, -0.2) is 75.9 Å². The lowest BCUT2D eigenvalue weighted by Gasteiger charge is -2.24. The predicted molar refractivity (Wildman–Crippen MR) is 106 cm³/mol. The van der Waals surface area contributed by atoms with Crippen LogP contribution < -0.4 is 21.7 Å². The number of carboxylic acid groups (broad SMARTS) is 1. The van der Waals surface area contributed by atoms with Gasteiger partial charge in [0.2, 0.25) is 17.7 Å². The van der Waals surface area contributed by atoms with E-state index in [0.717, 1.165) is 5.56 Å². The molecule has 0 radical (unpaired) electrons. The van der Waals surface area contributed by atoms with E-state index in [-0.39, 0.29) is 6.42 Å². The Bertz CT molecular complexity index is 742. The molecule has 0 saturated carbocycles. The van der Waals surface area contributed by atoms with Gasteiger partial charge in [-0.15, -0.1) is 0 Å². The number of aliphatic hydroxyl groups excluding tert-OH is 2. The monoisotopic (exact) mass is 424 g/mol. The first-order chi connectivity index (χ1) is 14.1. The molecule has 1 rings (SSSR count). The van der Waals surface area contributed by atoms with Gasteiger partial charge in [0.15, 0.2) is 6.04 Å². The predicted octanol–water partition coefficient (Wildman–Crippen LogP) is -2.51. The van der Waals surface area contributed by atoms with Crippen LogP contribution in [0.4, 0.5) is 0 Å². The van der Waals surface area contributed by atoms with Gasteiger partial charge in [-0.2, -0.15) is 0 Å². The number of aliphatic hydroxyl groups is 2. The van der Waals surface area contributed by atoms with E-state index in [1.54, 1.807) is 30.3 Å². The topological polar surface area (TPSA) is 191 Å². The Morgan fingerprint density at radius 2 is 1.57 bits per heavy atom. The fourth-order valence-electron chi connectivity index (χ4n) is 2.47. The molecule has 0 aliphatic heterocycles. The van der Waals surface area contributed by atoms with E-state index in [9.17, 15) is 24.3 Å². The minimum Gasteiger partial charge on any atom is -0.480 e. The summed E-state index contributed by atoms with van der Waals surface area (Å²) in [5.41, 5.74) is 6.21. The summed E-state index contributed by atoms with van der Waals surface area (Å²) < 4.78 is 0. The second kappa shape index (κ2) is 11.9. The maximum atomic E-state index is 12.7. The molecule has 1 aromatic rings. The van der Waals surface area contributed by atoms with Crippen LogP contribution in [0.5, 0.6) is 0 Å². The molecule has 0 aliphatic carbocycles. The molecule has 0 spiro atoms. The number of hydrogen-bond acceptors (Lipinski definition) is 7. The number of nitrogens with one attached hydrogen (secondary N) is 3. The summed E-state index contributed by atoms with van der Waals surface area (Å²) in [5, 5.41) is 34.5. The van der Waals surface area contributed by atoms with Crippen LogP contribution in [0.25, 0.3) is 0 Å². The van der Waals surface area contributed by atoms with Gasteiger partial charge in [-0.1, -0.05) is 30.3 Å². The summed E-state index contributed by atoms with van der Waals surface area (Å²) in [6, 6.07) is 3.77. The molecule has 8 N–H and O–H groups in total. The van der Waals surface area contributed by atoms with Crippen LogP contribution >= 0.6 is 0 Å². The summed E-state index contributed by atoms with van der Waals surface area (Å²) in [4.78, 5) is 48.1. The lowest BCUT2D eigenvalue weighted by molar-refractivity contribution is -0.145. The molecule has 0 aliphatic rings. The Morgan fingerprint density at radius 3 is 2.07 bits per heavy atom. The number of hydrogen-bond donors (Lipinski definition) is 7. The lowest BCUT2D eigenvalue weighted by atomic mass is 10.0. The summed E-state index contributed by atoms with van der Waals surface area (Å²) in [5.74, 6) is -3.70. The fourth-order valence-corrected chi connectivity index (χ4v) is 2.47. The largest absolute Gasteiger partial charge is 0.480 e. The highest BCUT2D eigenvalue weighted by Crippen LogP contribution is 2.05. The van der Waals surface area contributed by atoms with Crippen LogP contribution in [0.2, 0.25) is 0 Å². The van der Waals surface area contributed by atoms with Crippen molar-refractivity contribution in [3.63, 3.8) is 0 Å². The van der Waals surface area contributed by atoms with E-state index in [1.165, 1.54) is 13.8 Å². The van der Waals surface area contributed by atoms with E-state index in [2.05, 4.69) is 16.0 Å². The Labute approximate surface area is 173 Å². The van der Waals surface area contributed by atoms with Gasteiger partial charge in [0.1, 0.15) is 18.1 Å². The van der Waals surface area contributed by atoms with Crippen molar-refractivity contribution in [2.75, 3.05) is 6.61 Å². The van der Waals surface area contributed by atoms with Crippen LogP contribution in [0, 0.1) is 0 Å². The molecule has 3 amide bonds. The number of carboxylic acids is 1. The van der Waals surface area contributed by atoms with Gasteiger partial charge >= 0.3 is 5.97 Å². The molecule has 0 aromatic heterocycles. The van der Waals surface area contributed by atoms with Crippen molar-refractivity contribution in [2.45, 2.75) is 50.5 Å². The minimum atomic E-state index is -1.54. The van der Waals surface area contributed by atoms with E-state index >= 15 is 0 Å². The molecule has 5 atom stereocenters. The lowest BCUT2D eigenvalue weighted by Crippen LogP contribution is -2.58. The van der Waals surface area contributed by atoms with Crippen LogP contribution in [0.15, 0.2) is 30.3 Å². The fraction of sp³-hybridized carbons (Fsp3) is 0.474. The molecule has 1 aromatic carbocycles. The number of aliphatic carboxylic acids is 1. The van der Waals surface area contributed by atoms with E-state index < -0.39 is 60.6 Å². The first-order valence-electron chi connectivity index (χ1n) is 9.29. The Kier molecular flexibility index (Phi) is 9.89. The molecular weight excluding hydrogens is 396 g/mol. The third-order valence-corrected chi connectivity index (χ3v) is 4.25. The quantitative estimate of drug-likeness (QED) is 0.202. The van der Waals surface area contributed by atoms with Crippen LogP contribution in [0.1, 0.15) is 19.4 Å². The van der Waals surface area contributed by atoms with Gasteiger partial charge in [0.05, 0.1) is 12.7 Å². The van der Waals surface area contributed by atoms with Crippen molar-refractivity contribution in [2.24, 2.45) is 5.73 Å². The van der Waals surface area contributed by atoms with Crippen LogP contribution in [0.3, 0.4) is 0 Å². The zero-order valence-corrected chi connectivity index (χ0v) is 16.7. The van der Waals surface area contributed by atoms with E-state index in [4.69, 9.17) is 15.9 Å². The Hall–Kier alpha value is -3.02. The third kappa shape index (κ3) is 7.78. The highest BCUT2D eigenvalue weighted by atomic mass is 16.4. The van der Waals surface area contributed by atoms with Gasteiger partial charge in [0, 0.05) is 6.42 Å². The number of carbonyl (C=O) groups excluding carboxylic acids is 3. The number of amides is 3. The zero-order valence-electron chi connectivity index (χ0n) is 16.7. The van der Waals surface area contributed by atoms with Gasteiger partial charge in [0.25, 0.3) is 0 Å². The standard InChI is InChI=1S/C19H28N4O7/c1-10(16(26)23-15(11(2)25)19(29)30)21-18(28)14(22-17(27)13(20)9-24)8-12-6-4-3-5-7-12/h3-7,10-11,13-15,24-25H,8-9,20H2,1-2H3,(H,21,28)(H,22,27)(H,23,26)(H,29,30). The van der Waals surface area contributed by atoms with Crippen molar-refractivity contribution in [1.29, 1.82) is 0 Å². The molecule has 0 saturated heterocycles. The van der Waals surface area contributed by atoms with Gasteiger partial charge in [-0.05, 0) is 19.4 Å². The minimum absolute atomic E-state index is 0.0936. The maximum absolute atomic E-state index is 12.7.